The Morgan fingerprint density at radius 1 is 1.25 bits per heavy atom. The number of benzene rings is 1. The zero-order chi connectivity index (χ0) is 12.0. The molecule has 0 fully saturated rings. The van der Waals surface area contributed by atoms with Crippen molar-refractivity contribution in [1.29, 1.82) is 0 Å². The highest BCUT2D eigenvalue weighted by Gasteiger charge is 2.04. The van der Waals surface area contributed by atoms with Crippen LogP contribution in [-0.4, -0.2) is 38.6 Å². The number of nitrogens with one attached hydrogen (secondary N) is 2. The van der Waals surface area contributed by atoms with Gasteiger partial charge in [0, 0.05) is 31.9 Å². The highest BCUT2D eigenvalue weighted by molar-refractivity contribution is 5.50. The van der Waals surface area contributed by atoms with Crippen LogP contribution in [0.5, 0.6) is 0 Å². The van der Waals surface area contributed by atoms with Gasteiger partial charge in [0.1, 0.15) is 0 Å². The lowest BCUT2D eigenvalue weighted by Crippen LogP contribution is -2.35. The molecule has 1 aromatic rings. The van der Waals surface area contributed by atoms with Crippen LogP contribution < -0.4 is 10.6 Å². The van der Waals surface area contributed by atoms with Gasteiger partial charge in [-0.15, -0.1) is 0 Å². The Labute approximate surface area is 98.8 Å². The summed E-state index contributed by atoms with van der Waals surface area (Å²) in [6.45, 7) is 4.18. The van der Waals surface area contributed by atoms with Crippen molar-refractivity contribution in [2.75, 3.05) is 33.0 Å². The molecule has 0 aliphatic heterocycles. The van der Waals surface area contributed by atoms with E-state index in [2.05, 4.69) is 60.8 Å². The zero-order valence-corrected chi connectivity index (χ0v) is 10.7. The second kappa shape index (κ2) is 6.51. The molecule has 2 N–H and O–H groups in total. The Morgan fingerprint density at radius 3 is 2.56 bits per heavy atom. The summed E-state index contributed by atoms with van der Waals surface area (Å²) in [7, 11) is 6.15. The molecule has 3 heteroatoms. The first kappa shape index (κ1) is 13.0. The summed E-state index contributed by atoms with van der Waals surface area (Å²) < 4.78 is 0. The highest BCUT2D eigenvalue weighted by atomic mass is 15.1. The van der Waals surface area contributed by atoms with E-state index in [-0.39, 0.29) is 0 Å². The predicted molar refractivity (Wildman–Crippen MR) is 70.8 cm³/mol. The highest BCUT2D eigenvalue weighted by Crippen LogP contribution is 2.13. The topological polar surface area (TPSA) is 27.3 Å². The lowest BCUT2D eigenvalue weighted by Gasteiger charge is -2.19. The van der Waals surface area contributed by atoms with Crippen molar-refractivity contribution in [3.05, 3.63) is 29.8 Å². The van der Waals surface area contributed by atoms with E-state index >= 15 is 0 Å². The molecule has 0 bridgehead atoms. The Morgan fingerprint density at radius 2 is 1.94 bits per heavy atom. The molecule has 3 nitrogen and oxygen atoms in total. The van der Waals surface area contributed by atoms with Gasteiger partial charge in [0.05, 0.1) is 0 Å². The van der Waals surface area contributed by atoms with Gasteiger partial charge in [-0.1, -0.05) is 18.2 Å². The molecule has 16 heavy (non-hydrogen) atoms. The maximum atomic E-state index is 3.52. The summed E-state index contributed by atoms with van der Waals surface area (Å²) in [5, 5.41) is 6.73. The minimum atomic E-state index is 0.500. The summed E-state index contributed by atoms with van der Waals surface area (Å²) in [5.74, 6) is 0. The molecule has 0 aliphatic carbocycles. The summed E-state index contributed by atoms with van der Waals surface area (Å²) in [5.41, 5.74) is 2.52. The van der Waals surface area contributed by atoms with Gasteiger partial charge >= 0.3 is 0 Å². The first-order chi connectivity index (χ1) is 7.63. The molecule has 0 spiro atoms. The van der Waals surface area contributed by atoms with E-state index < -0.39 is 0 Å². The fourth-order valence-electron chi connectivity index (χ4n) is 1.81. The number of likely N-dealkylation sites (N-methyl/N-ethyl adjacent to an activating group) is 1. The van der Waals surface area contributed by atoms with Crippen LogP contribution in [0.2, 0.25) is 0 Å². The van der Waals surface area contributed by atoms with E-state index in [0.717, 1.165) is 13.1 Å². The maximum absolute atomic E-state index is 3.52. The van der Waals surface area contributed by atoms with Crippen molar-refractivity contribution in [1.82, 2.24) is 10.2 Å². The Bertz CT molecular complexity index is 310. The van der Waals surface area contributed by atoms with Crippen LogP contribution in [0.4, 0.5) is 5.69 Å². The second-order valence-corrected chi connectivity index (χ2v) is 4.45. The number of hydrogen-bond acceptors (Lipinski definition) is 3. The molecule has 1 rings (SSSR count). The molecule has 0 amide bonds. The summed E-state index contributed by atoms with van der Waals surface area (Å²) in [4.78, 5) is 2.20. The van der Waals surface area contributed by atoms with Crippen molar-refractivity contribution in [3.8, 4) is 0 Å². The second-order valence-electron chi connectivity index (χ2n) is 4.45. The van der Waals surface area contributed by atoms with Gasteiger partial charge in [-0.2, -0.15) is 0 Å². The minimum absolute atomic E-state index is 0.500. The monoisotopic (exact) mass is 221 g/mol. The molecule has 0 saturated carbocycles. The van der Waals surface area contributed by atoms with Crippen LogP contribution in [0.3, 0.4) is 0 Å². The Balaban J connectivity index is 2.47. The van der Waals surface area contributed by atoms with Gasteiger partial charge in [-0.3, -0.25) is 0 Å². The van der Waals surface area contributed by atoms with E-state index in [9.17, 15) is 0 Å². The van der Waals surface area contributed by atoms with Crippen LogP contribution in [-0.2, 0) is 6.54 Å². The van der Waals surface area contributed by atoms with Gasteiger partial charge < -0.3 is 15.5 Å². The SMILES string of the molecule is CNc1ccccc1CNC(C)CN(C)C. The lowest BCUT2D eigenvalue weighted by molar-refractivity contribution is 0.349. The van der Waals surface area contributed by atoms with Crippen LogP contribution in [0.1, 0.15) is 12.5 Å². The Hall–Kier alpha value is -1.06. The summed E-state index contributed by atoms with van der Waals surface area (Å²) in [6.07, 6.45) is 0. The lowest BCUT2D eigenvalue weighted by atomic mass is 10.1. The van der Waals surface area contributed by atoms with Crippen molar-refractivity contribution in [2.24, 2.45) is 0 Å². The maximum Gasteiger partial charge on any atom is 0.0383 e. The fraction of sp³-hybridized carbons (Fsp3) is 0.538. The number of anilines is 1. The van der Waals surface area contributed by atoms with Gasteiger partial charge in [0.25, 0.3) is 0 Å². The van der Waals surface area contributed by atoms with E-state index in [1.54, 1.807) is 0 Å². The standard InChI is InChI=1S/C13H23N3/c1-11(10-16(3)4)15-9-12-7-5-6-8-13(12)14-2/h5-8,11,14-15H,9-10H2,1-4H3. The molecule has 0 radical (unpaired) electrons. The average molecular weight is 221 g/mol. The third kappa shape index (κ3) is 4.21. The quantitative estimate of drug-likeness (QED) is 0.766. The number of para-hydroxylation sites is 1. The summed E-state index contributed by atoms with van der Waals surface area (Å²) >= 11 is 0. The fourth-order valence-corrected chi connectivity index (χ4v) is 1.81. The van der Waals surface area contributed by atoms with Gasteiger partial charge in [0.2, 0.25) is 0 Å². The molecule has 0 aromatic heterocycles. The molecule has 0 saturated heterocycles. The van der Waals surface area contributed by atoms with Crippen LogP contribution in [0.15, 0.2) is 24.3 Å². The number of nitrogens with zero attached hydrogens (tertiary/aromatic N) is 1. The van der Waals surface area contributed by atoms with Crippen molar-refractivity contribution in [2.45, 2.75) is 19.5 Å². The molecule has 1 aromatic carbocycles. The van der Waals surface area contributed by atoms with Crippen LogP contribution >= 0.6 is 0 Å². The first-order valence-corrected chi connectivity index (χ1v) is 5.77. The van der Waals surface area contributed by atoms with Crippen LogP contribution in [0, 0.1) is 0 Å². The van der Waals surface area contributed by atoms with Crippen molar-refractivity contribution >= 4 is 5.69 Å². The molecular weight excluding hydrogens is 198 g/mol. The Kier molecular flexibility index (Phi) is 5.29. The molecule has 1 unspecified atom stereocenters. The normalized spacial score (nSPS) is 12.8. The van der Waals surface area contributed by atoms with Crippen molar-refractivity contribution in [3.63, 3.8) is 0 Å². The molecule has 0 aliphatic rings. The van der Waals surface area contributed by atoms with E-state index in [4.69, 9.17) is 0 Å². The third-order valence-corrected chi connectivity index (χ3v) is 2.57. The van der Waals surface area contributed by atoms with E-state index in [0.29, 0.717) is 6.04 Å². The molecule has 1 atom stereocenters. The zero-order valence-electron chi connectivity index (χ0n) is 10.7. The van der Waals surface area contributed by atoms with Crippen LogP contribution in [0.25, 0.3) is 0 Å². The first-order valence-electron chi connectivity index (χ1n) is 5.77. The minimum Gasteiger partial charge on any atom is -0.388 e. The number of hydrogen-bond donors (Lipinski definition) is 2. The van der Waals surface area contributed by atoms with Crippen molar-refractivity contribution < 1.29 is 0 Å². The van der Waals surface area contributed by atoms with Gasteiger partial charge in [-0.05, 0) is 32.6 Å². The predicted octanol–water partition coefficient (Wildman–Crippen LogP) is 1.77. The molecular formula is C13H23N3. The molecule has 90 valence electrons. The van der Waals surface area contributed by atoms with Gasteiger partial charge in [0.15, 0.2) is 0 Å². The summed E-state index contributed by atoms with van der Waals surface area (Å²) in [6, 6.07) is 8.89. The smallest absolute Gasteiger partial charge is 0.0383 e. The van der Waals surface area contributed by atoms with E-state index in [1.165, 1.54) is 11.3 Å². The average Bonchev–Trinajstić information content (AvgIpc) is 2.26. The third-order valence-electron chi connectivity index (χ3n) is 2.57. The van der Waals surface area contributed by atoms with Gasteiger partial charge in [-0.25, -0.2) is 0 Å². The molecule has 0 heterocycles. The largest absolute Gasteiger partial charge is 0.388 e. The number of rotatable bonds is 6. The van der Waals surface area contributed by atoms with E-state index in [1.807, 2.05) is 7.05 Å².